The van der Waals surface area contributed by atoms with Crippen LogP contribution in [0.15, 0.2) is 12.1 Å². The fourth-order valence-electron chi connectivity index (χ4n) is 0.885. The van der Waals surface area contributed by atoms with Crippen molar-refractivity contribution in [2.75, 3.05) is 12.5 Å². The summed E-state index contributed by atoms with van der Waals surface area (Å²) in [4.78, 5) is 0. The predicted octanol–water partition coefficient (Wildman–Crippen LogP) is 4.87. The molecule has 0 bridgehead atoms. The number of hydrogen-bond acceptors (Lipinski definition) is 1. The quantitative estimate of drug-likeness (QED) is 0.721. The highest BCUT2D eigenvalue weighted by atomic mass is 35.5. The van der Waals surface area contributed by atoms with Crippen LogP contribution in [-0.4, -0.2) is 17.9 Å². The van der Waals surface area contributed by atoms with E-state index in [4.69, 9.17) is 62.7 Å². The number of halogens is 5. The highest BCUT2D eigenvalue weighted by Gasteiger charge is 2.11. The monoisotopic (exact) mass is 306 g/mol. The predicted molar refractivity (Wildman–Crippen MR) is 67.3 cm³/mol. The van der Waals surface area contributed by atoms with Crippen LogP contribution in [0.3, 0.4) is 0 Å². The molecule has 0 aliphatic carbocycles. The van der Waals surface area contributed by atoms with Crippen LogP contribution in [0.2, 0.25) is 15.1 Å². The van der Waals surface area contributed by atoms with Gasteiger partial charge in [-0.1, -0.05) is 34.8 Å². The second-order valence-electron chi connectivity index (χ2n) is 2.76. The van der Waals surface area contributed by atoms with E-state index in [1.54, 1.807) is 12.1 Å². The fraction of sp³-hybridized carbons (Fsp3) is 0.333. The number of benzene rings is 1. The molecule has 1 aromatic carbocycles. The molecule has 0 aromatic heterocycles. The highest BCUT2D eigenvalue weighted by molar-refractivity contribution is 6.40. The number of hydrogen-bond donors (Lipinski definition) is 0. The molecule has 1 unspecified atom stereocenters. The van der Waals surface area contributed by atoms with Gasteiger partial charge in [-0.15, -0.1) is 23.2 Å². The summed E-state index contributed by atoms with van der Waals surface area (Å²) in [5.41, 5.74) is 0. The standard InChI is InChI=1S/C9H7Cl5O/c10-3-6(12)4-15-9-7(13)1-5(11)2-8(9)14/h1-2,6H,3-4H2. The van der Waals surface area contributed by atoms with Crippen LogP contribution in [0.1, 0.15) is 0 Å². The molecule has 0 aliphatic rings. The molecule has 0 spiro atoms. The third-order valence-electron chi connectivity index (χ3n) is 1.54. The van der Waals surface area contributed by atoms with Gasteiger partial charge in [-0.25, -0.2) is 0 Å². The van der Waals surface area contributed by atoms with Crippen molar-refractivity contribution in [2.24, 2.45) is 0 Å². The van der Waals surface area contributed by atoms with Gasteiger partial charge >= 0.3 is 0 Å². The van der Waals surface area contributed by atoms with Crippen molar-refractivity contribution in [1.82, 2.24) is 0 Å². The Morgan fingerprint density at radius 2 is 1.67 bits per heavy atom. The van der Waals surface area contributed by atoms with Crippen LogP contribution in [0.5, 0.6) is 5.75 Å². The Bertz CT molecular complexity index is 318. The molecular weight excluding hydrogens is 301 g/mol. The van der Waals surface area contributed by atoms with E-state index >= 15 is 0 Å². The molecule has 1 nitrogen and oxygen atoms in total. The first-order valence-electron chi connectivity index (χ1n) is 4.02. The summed E-state index contributed by atoms with van der Waals surface area (Å²) >= 11 is 28.8. The third kappa shape index (κ3) is 4.08. The van der Waals surface area contributed by atoms with E-state index < -0.39 is 0 Å². The molecular formula is C9H7Cl5O. The van der Waals surface area contributed by atoms with Crippen LogP contribution >= 0.6 is 58.0 Å². The highest BCUT2D eigenvalue weighted by Crippen LogP contribution is 2.35. The van der Waals surface area contributed by atoms with E-state index in [0.717, 1.165) is 0 Å². The molecule has 0 radical (unpaired) electrons. The summed E-state index contributed by atoms with van der Waals surface area (Å²) in [5.74, 6) is 0.670. The maximum Gasteiger partial charge on any atom is 0.156 e. The van der Waals surface area contributed by atoms with E-state index in [9.17, 15) is 0 Å². The molecule has 1 aromatic rings. The summed E-state index contributed by atoms with van der Waals surface area (Å²) in [6, 6.07) is 3.10. The number of alkyl halides is 2. The lowest BCUT2D eigenvalue weighted by atomic mass is 10.3. The second-order valence-corrected chi connectivity index (χ2v) is 4.94. The largest absolute Gasteiger partial charge is 0.489 e. The summed E-state index contributed by atoms with van der Waals surface area (Å²) in [6.07, 6.45) is 0. The SMILES string of the molecule is ClCC(Cl)COc1c(Cl)cc(Cl)cc1Cl. The van der Waals surface area contributed by atoms with Crippen LogP contribution in [0, 0.1) is 0 Å². The van der Waals surface area contributed by atoms with Gasteiger partial charge in [0.15, 0.2) is 5.75 Å². The molecule has 6 heteroatoms. The average Bonchev–Trinajstić information content (AvgIpc) is 2.15. The Morgan fingerprint density at radius 3 is 2.13 bits per heavy atom. The van der Waals surface area contributed by atoms with Gasteiger partial charge in [0.2, 0.25) is 0 Å². The summed E-state index contributed by atoms with van der Waals surface area (Å²) < 4.78 is 5.34. The van der Waals surface area contributed by atoms with Crippen molar-refractivity contribution in [2.45, 2.75) is 5.38 Å². The Morgan fingerprint density at radius 1 is 1.13 bits per heavy atom. The molecule has 0 saturated heterocycles. The maximum absolute atomic E-state index is 5.89. The van der Waals surface area contributed by atoms with Gasteiger partial charge in [-0.3, -0.25) is 0 Å². The van der Waals surface area contributed by atoms with Gasteiger partial charge in [0.1, 0.15) is 6.61 Å². The zero-order chi connectivity index (χ0) is 11.4. The van der Waals surface area contributed by atoms with Gasteiger partial charge in [0, 0.05) is 10.9 Å². The molecule has 15 heavy (non-hydrogen) atoms. The number of ether oxygens (including phenoxy) is 1. The van der Waals surface area contributed by atoms with Crippen molar-refractivity contribution < 1.29 is 4.74 Å². The molecule has 1 atom stereocenters. The maximum atomic E-state index is 5.89. The third-order valence-corrected chi connectivity index (χ3v) is 3.13. The van der Waals surface area contributed by atoms with Gasteiger partial charge < -0.3 is 4.74 Å². The first kappa shape index (κ1) is 13.5. The Balaban J connectivity index is 2.77. The minimum Gasteiger partial charge on any atom is -0.489 e. The minimum absolute atomic E-state index is 0.242. The molecule has 1 rings (SSSR count). The van der Waals surface area contributed by atoms with Crippen LogP contribution in [0.4, 0.5) is 0 Å². The van der Waals surface area contributed by atoms with E-state index in [0.29, 0.717) is 26.7 Å². The van der Waals surface area contributed by atoms with Crippen LogP contribution in [-0.2, 0) is 0 Å². The molecule has 0 amide bonds. The minimum atomic E-state index is -0.283. The topological polar surface area (TPSA) is 9.23 Å². The summed E-state index contributed by atoms with van der Waals surface area (Å²) in [5, 5.41) is 0.878. The van der Waals surface area contributed by atoms with Crippen LogP contribution in [0.25, 0.3) is 0 Å². The second kappa shape index (κ2) is 6.27. The molecule has 0 aliphatic heterocycles. The normalized spacial score (nSPS) is 12.6. The Hall–Kier alpha value is 0.470. The van der Waals surface area contributed by atoms with E-state index in [-0.39, 0.29) is 12.0 Å². The Labute approximate surface area is 113 Å². The zero-order valence-corrected chi connectivity index (χ0v) is 11.2. The Kier molecular flexibility index (Phi) is 5.65. The van der Waals surface area contributed by atoms with Gasteiger partial charge in [-0.05, 0) is 12.1 Å². The first-order chi connectivity index (χ1) is 7.04. The first-order valence-corrected chi connectivity index (χ1v) is 6.12. The smallest absolute Gasteiger partial charge is 0.156 e. The molecule has 0 saturated carbocycles. The van der Waals surface area contributed by atoms with E-state index in [2.05, 4.69) is 0 Å². The zero-order valence-electron chi connectivity index (χ0n) is 7.44. The van der Waals surface area contributed by atoms with Gasteiger partial charge in [0.05, 0.1) is 15.4 Å². The lowest BCUT2D eigenvalue weighted by Crippen LogP contribution is -2.13. The van der Waals surface area contributed by atoms with Gasteiger partial charge in [0.25, 0.3) is 0 Å². The van der Waals surface area contributed by atoms with Crippen molar-refractivity contribution in [3.8, 4) is 5.75 Å². The average molecular weight is 308 g/mol. The van der Waals surface area contributed by atoms with Crippen molar-refractivity contribution >= 4 is 58.0 Å². The van der Waals surface area contributed by atoms with Crippen molar-refractivity contribution in [1.29, 1.82) is 0 Å². The van der Waals surface area contributed by atoms with Gasteiger partial charge in [-0.2, -0.15) is 0 Å². The lowest BCUT2D eigenvalue weighted by Gasteiger charge is -2.12. The molecule has 0 fully saturated rings. The molecule has 0 heterocycles. The lowest BCUT2D eigenvalue weighted by molar-refractivity contribution is 0.321. The summed E-state index contributed by atoms with van der Waals surface area (Å²) in [6.45, 7) is 0.242. The molecule has 84 valence electrons. The molecule has 0 N–H and O–H groups in total. The van der Waals surface area contributed by atoms with Crippen molar-refractivity contribution in [3.05, 3.63) is 27.2 Å². The van der Waals surface area contributed by atoms with Crippen LogP contribution < -0.4 is 4.74 Å². The van der Waals surface area contributed by atoms with Crippen molar-refractivity contribution in [3.63, 3.8) is 0 Å². The number of rotatable bonds is 4. The summed E-state index contributed by atoms with van der Waals surface area (Å²) in [7, 11) is 0. The fourth-order valence-corrected chi connectivity index (χ4v) is 1.96. The van der Waals surface area contributed by atoms with E-state index in [1.165, 1.54) is 0 Å². The van der Waals surface area contributed by atoms with E-state index in [1.807, 2.05) is 0 Å².